The highest BCUT2D eigenvalue weighted by molar-refractivity contribution is 5.94. The van der Waals surface area contributed by atoms with E-state index >= 15 is 0 Å². The normalized spacial score (nSPS) is 15.9. The van der Waals surface area contributed by atoms with E-state index in [-0.39, 0.29) is 17.9 Å². The van der Waals surface area contributed by atoms with Crippen LogP contribution in [-0.2, 0) is 4.79 Å². The number of nitrogens with zero attached hydrogens (tertiary/aromatic N) is 2. The molecular weight excluding hydrogens is 310 g/mol. The van der Waals surface area contributed by atoms with Gasteiger partial charge in [0, 0.05) is 6.20 Å². The van der Waals surface area contributed by atoms with E-state index < -0.39 is 12.0 Å². The maximum Gasteiger partial charge on any atom is 0.281 e. The Morgan fingerprint density at radius 3 is 2.83 bits per heavy atom. The van der Waals surface area contributed by atoms with Gasteiger partial charge >= 0.3 is 0 Å². The number of aromatic nitrogens is 2. The van der Waals surface area contributed by atoms with Crippen molar-refractivity contribution in [1.82, 2.24) is 9.38 Å². The Labute approximate surface area is 136 Å². The summed E-state index contributed by atoms with van der Waals surface area (Å²) in [7, 11) is 0. The second-order valence-corrected chi connectivity index (χ2v) is 5.26. The maximum atomic E-state index is 12.4. The molecule has 7 heteroatoms. The van der Waals surface area contributed by atoms with Gasteiger partial charge in [-0.1, -0.05) is 18.2 Å². The molecule has 0 fully saturated rings. The van der Waals surface area contributed by atoms with Crippen molar-refractivity contribution in [1.29, 1.82) is 0 Å². The summed E-state index contributed by atoms with van der Waals surface area (Å²) in [6, 6.07) is 12.3. The molecule has 0 aliphatic carbocycles. The van der Waals surface area contributed by atoms with Gasteiger partial charge in [0.2, 0.25) is 6.10 Å². The van der Waals surface area contributed by atoms with E-state index in [1.807, 2.05) is 6.07 Å². The van der Waals surface area contributed by atoms with E-state index in [4.69, 9.17) is 9.47 Å². The summed E-state index contributed by atoms with van der Waals surface area (Å²) in [6.07, 6.45) is 2.10. The molecule has 3 aromatic rings. The van der Waals surface area contributed by atoms with Gasteiger partial charge in [-0.2, -0.15) is 0 Å². The van der Waals surface area contributed by atoms with Crippen LogP contribution >= 0.6 is 0 Å². The number of rotatable bonds is 2. The molecule has 1 aliphatic rings. The topological polar surface area (TPSA) is 81.9 Å². The first-order chi connectivity index (χ1) is 11.7. The largest absolute Gasteiger partial charge is 0.485 e. The van der Waals surface area contributed by atoms with Crippen LogP contribution in [0.4, 0.5) is 5.69 Å². The molecule has 3 heterocycles. The Hall–Kier alpha value is -3.35. The maximum absolute atomic E-state index is 12.4. The summed E-state index contributed by atoms with van der Waals surface area (Å²) in [5.74, 6) is 0.630. The number of hydrogen-bond donors (Lipinski definition) is 1. The van der Waals surface area contributed by atoms with Crippen LogP contribution in [0.1, 0.15) is 0 Å². The molecule has 1 N–H and O–H groups in total. The number of hydrogen-bond acceptors (Lipinski definition) is 5. The van der Waals surface area contributed by atoms with Gasteiger partial charge in [0.05, 0.1) is 6.20 Å². The van der Waals surface area contributed by atoms with Crippen LogP contribution in [0.3, 0.4) is 0 Å². The van der Waals surface area contributed by atoms with Gasteiger partial charge in [0.15, 0.2) is 11.5 Å². The van der Waals surface area contributed by atoms with Gasteiger partial charge in [-0.3, -0.25) is 14.0 Å². The molecule has 2 aromatic heterocycles. The van der Waals surface area contributed by atoms with Crippen LogP contribution in [0.2, 0.25) is 0 Å². The lowest BCUT2D eigenvalue weighted by Crippen LogP contribution is -2.41. The molecule has 1 aliphatic heterocycles. The number of nitrogens with one attached hydrogen (secondary N) is 1. The molecule has 0 spiro atoms. The first-order valence-corrected chi connectivity index (χ1v) is 7.38. The molecule has 4 rings (SSSR count). The lowest BCUT2D eigenvalue weighted by Gasteiger charge is -2.25. The summed E-state index contributed by atoms with van der Waals surface area (Å²) >= 11 is 0. The molecule has 1 unspecified atom stereocenters. The highest BCUT2D eigenvalue weighted by atomic mass is 16.6. The predicted octanol–water partition coefficient (Wildman–Crippen LogP) is 1.47. The molecule has 0 saturated carbocycles. The van der Waals surface area contributed by atoms with E-state index in [0.717, 1.165) is 0 Å². The fourth-order valence-corrected chi connectivity index (χ4v) is 2.47. The average Bonchev–Trinajstić information content (AvgIpc) is 2.64. The zero-order valence-electron chi connectivity index (χ0n) is 12.5. The standard InChI is InChI=1S/C17H13N3O4/c21-16(14-10-23-12-5-1-2-6-13(12)24-14)19-11-9-18-15-7-3-4-8-20(15)17(11)22/h1-9,14H,10H2,(H,19,21). The van der Waals surface area contributed by atoms with Gasteiger partial charge in [0.1, 0.15) is 17.9 Å². The number of carbonyl (C=O) groups excluding carboxylic acids is 1. The van der Waals surface area contributed by atoms with E-state index in [0.29, 0.717) is 17.1 Å². The SMILES string of the molecule is O=C(Nc1cnc2ccccn2c1=O)C1COc2ccccc2O1. The van der Waals surface area contributed by atoms with Crippen LogP contribution in [0.25, 0.3) is 5.65 Å². The molecule has 1 atom stereocenters. The van der Waals surface area contributed by atoms with Crippen LogP contribution in [0.15, 0.2) is 59.7 Å². The highest BCUT2D eigenvalue weighted by Crippen LogP contribution is 2.31. The molecule has 0 radical (unpaired) electrons. The predicted molar refractivity (Wildman–Crippen MR) is 86.4 cm³/mol. The zero-order chi connectivity index (χ0) is 16.5. The first-order valence-electron chi connectivity index (χ1n) is 7.38. The van der Waals surface area contributed by atoms with Crippen LogP contribution in [0, 0.1) is 0 Å². The number of fused-ring (bicyclic) bond motifs is 2. The third kappa shape index (κ3) is 2.45. The smallest absolute Gasteiger partial charge is 0.281 e. The summed E-state index contributed by atoms with van der Waals surface area (Å²) < 4.78 is 12.5. The number of anilines is 1. The Morgan fingerprint density at radius 1 is 1.17 bits per heavy atom. The van der Waals surface area contributed by atoms with Crippen LogP contribution in [-0.4, -0.2) is 28.0 Å². The summed E-state index contributed by atoms with van der Waals surface area (Å²) in [5, 5.41) is 2.56. The van der Waals surface area contributed by atoms with Crippen molar-refractivity contribution in [3.8, 4) is 11.5 Å². The van der Waals surface area contributed by atoms with Crippen LogP contribution < -0.4 is 20.3 Å². The number of amides is 1. The zero-order valence-corrected chi connectivity index (χ0v) is 12.5. The molecule has 1 aromatic carbocycles. The number of carbonyl (C=O) groups is 1. The highest BCUT2D eigenvalue weighted by Gasteiger charge is 2.27. The molecule has 120 valence electrons. The fraction of sp³-hybridized carbons (Fsp3) is 0.118. The quantitative estimate of drug-likeness (QED) is 0.772. The van der Waals surface area contributed by atoms with Crippen molar-refractivity contribution in [2.45, 2.75) is 6.10 Å². The van der Waals surface area contributed by atoms with Crippen molar-refractivity contribution in [3.63, 3.8) is 0 Å². The number of benzene rings is 1. The second kappa shape index (κ2) is 5.69. The molecule has 24 heavy (non-hydrogen) atoms. The summed E-state index contributed by atoms with van der Waals surface area (Å²) in [4.78, 5) is 28.9. The first kappa shape index (κ1) is 14.3. The Morgan fingerprint density at radius 2 is 1.96 bits per heavy atom. The second-order valence-electron chi connectivity index (χ2n) is 5.26. The lowest BCUT2D eigenvalue weighted by atomic mass is 10.2. The molecule has 7 nitrogen and oxygen atoms in total. The summed E-state index contributed by atoms with van der Waals surface area (Å²) in [6.45, 7) is 0.0746. The molecule has 0 saturated heterocycles. The van der Waals surface area contributed by atoms with Gasteiger partial charge in [-0.05, 0) is 24.3 Å². The van der Waals surface area contributed by atoms with E-state index in [2.05, 4.69) is 10.3 Å². The van der Waals surface area contributed by atoms with E-state index in [1.54, 1.807) is 42.6 Å². The van der Waals surface area contributed by atoms with Gasteiger partial charge in [-0.25, -0.2) is 4.98 Å². The van der Waals surface area contributed by atoms with Crippen molar-refractivity contribution in [3.05, 3.63) is 65.2 Å². The van der Waals surface area contributed by atoms with Crippen LogP contribution in [0.5, 0.6) is 11.5 Å². The number of pyridine rings is 1. The van der Waals surface area contributed by atoms with Crippen molar-refractivity contribution < 1.29 is 14.3 Å². The average molecular weight is 323 g/mol. The monoisotopic (exact) mass is 323 g/mol. The van der Waals surface area contributed by atoms with Gasteiger partial charge in [0.25, 0.3) is 11.5 Å². The lowest BCUT2D eigenvalue weighted by molar-refractivity contribution is -0.125. The number of ether oxygens (including phenoxy) is 2. The minimum Gasteiger partial charge on any atom is -0.485 e. The van der Waals surface area contributed by atoms with Crippen molar-refractivity contribution in [2.24, 2.45) is 0 Å². The molecule has 0 bridgehead atoms. The minimum absolute atomic E-state index is 0.0746. The van der Waals surface area contributed by atoms with Gasteiger partial charge in [-0.15, -0.1) is 0 Å². The van der Waals surface area contributed by atoms with Crippen molar-refractivity contribution in [2.75, 3.05) is 11.9 Å². The Kier molecular flexibility index (Phi) is 3.38. The van der Waals surface area contributed by atoms with E-state index in [9.17, 15) is 9.59 Å². The number of para-hydroxylation sites is 2. The molecule has 1 amide bonds. The van der Waals surface area contributed by atoms with Gasteiger partial charge < -0.3 is 14.8 Å². The third-order valence-electron chi connectivity index (χ3n) is 3.67. The fourth-order valence-electron chi connectivity index (χ4n) is 2.47. The minimum atomic E-state index is -0.837. The third-order valence-corrected chi connectivity index (χ3v) is 3.67. The summed E-state index contributed by atoms with van der Waals surface area (Å²) in [5.41, 5.74) is 0.240. The van der Waals surface area contributed by atoms with Crippen molar-refractivity contribution >= 4 is 17.2 Å². The van der Waals surface area contributed by atoms with E-state index in [1.165, 1.54) is 10.6 Å². The molecular formula is C17H13N3O4. The Balaban J connectivity index is 1.57. The Bertz CT molecular complexity index is 983.